The van der Waals surface area contributed by atoms with Crippen LogP contribution in [0.3, 0.4) is 0 Å². The van der Waals surface area contributed by atoms with Gasteiger partial charge in [0.15, 0.2) is 0 Å². The van der Waals surface area contributed by atoms with Gasteiger partial charge >= 0.3 is 33.3 Å². The second-order valence-electron chi connectivity index (χ2n) is 2.26. The molecule has 0 amide bonds. The van der Waals surface area contributed by atoms with Crippen LogP contribution in [0, 0.1) is 0 Å². The first kappa shape index (κ1) is 13.8. The zero-order chi connectivity index (χ0) is 10.8. The Morgan fingerprint density at radius 1 is 1.36 bits per heavy atom. The van der Waals surface area contributed by atoms with Crippen LogP contribution in [0.4, 0.5) is 0 Å². The average molecular weight is 276 g/mol. The van der Waals surface area contributed by atoms with Crippen molar-refractivity contribution >= 4 is 38.3 Å². The van der Waals surface area contributed by atoms with Crippen molar-refractivity contribution in [2.45, 2.75) is 6.42 Å². The van der Waals surface area contributed by atoms with Crippen molar-refractivity contribution < 1.29 is 13.1 Å². The van der Waals surface area contributed by atoms with Gasteiger partial charge in [0.05, 0.1) is 11.4 Å². The molecule has 0 N–H and O–H groups in total. The number of hydrogen-bond acceptors (Lipinski definition) is 3. The van der Waals surface area contributed by atoms with Crippen molar-refractivity contribution in [2.24, 2.45) is 15.0 Å². The van der Waals surface area contributed by atoms with E-state index in [0.717, 1.165) is 17.8 Å². The van der Waals surface area contributed by atoms with Gasteiger partial charge in [-0.1, -0.05) is 6.08 Å². The van der Waals surface area contributed by atoms with Crippen LogP contribution in [0.1, 0.15) is 6.42 Å². The minimum atomic E-state index is 0.194. The van der Waals surface area contributed by atoms with Crippen LogP contribution >= 0.6 is 20.2 Å². The number of nitrogens with zero attached hydrogens (tertiary/aromatic N) is 3. The number of allylic oxidation sites excluding steroid dienone is 2. The normalized spacial score (nSPS) is 15.7. The topological polar surface area (TPSA) is 37.1 Å². The zero-order valence-corrected chi connectivity index (χ0v) is 10.5. The summed E-state index contributed by atoms with van der Waals surface area (Å²) in [5.41, 5.74) is 1.94. The summed E-state index contributed by atoms with van der Waals surface area (Å²) in [4.78, 5) is 12.0. The first-order chi connectivity index (χ1) is 6.78. The van der Waals surface area contributed by atoms with Crippen molar-refractivity contribution in [3.8, 4) is 0 Å². The zero-order valence-electron chi connectivity index (χ0n) is 7.89. The van der Waals surface area contributed by atoms with E-state index in [9.17, 15) is 0 Å². The van der Waals surface area contributed by atoms with E-state index in [1.165, 1.54) is 0 Å². The van der Waals surface area contributed by atoms with E-state index >= 15 is 0 Å². The number of halogens is 2. The van der Waals surface area contributed by atoms with Gasteiger partial charge in [-0.15, -0.1) is 0 Å². The van der Waals surface area contributed by atoms with Crippen molar-refractivity contribution in [3.05, 3.63) is 11.8 Å². The molecule has 80 valence electrons. The van der Waals surface area contributed by atoms with Crippen molar-refractivity contribution in [1.82, 2.24) is 0 Å². The van der Waals surface area contributed by atoms with Gasteiger partial charge in [0.1, 0.15) is 0 Å². The SMILES string of the molecule is CN=CC1=CCC(C=NC)=N1.[Cl][Fe][Cl]. The average Bonchev–Trinajstić information content (AvgIpc) is 2.55. The van der Waals surface area contributed by atoms with Crippen LogP contribution in [0.2, 0.25) is 0 Å². The molecule has 6 heteroatoms. The molecule has 0 aromatic heterocycles. The van der Waals surface area contributed by atoms with Gasteiger partial charge in [0, 0.05) is 32.9 Å². The van der Waals surface area contributed by atoms with Gasteiger partial charge in [-0.05, 0) is 0 Å². The maximum absolute atomic E-state index is 4.76. The Balaban J connectivity index is 0.000000500. The third kappa shape index (κ3) is 6.33. The Morgan fingerprint density at radius 2 is 1.93 bits per heavy atom. The molecule has 1 aliphatic rings. The fraction of sp³-hybridized carbons (Fsp3) is 0.375. The van der Waals surface area contributed by atoms with E-state index in [2.05, 4.69) is 15.0 Å². The molecular formula is C8H11Cl2FeN3. The number of hydrogen-bond donors (Lipinski definition) is 0. The fourth-order valence-electron chi connectivity index (χ4n) is 0.911. The van der Waals surface area contributed by atoms with Crippen LogP contribution in [0.15, 0.2) is 26.8 Å². The first-order valence-corrected chi connectivity index (χ1v) is 6.79. The van der Waals surface area contributed by atoms with Crippen molar-refractivity contribution in [3.63, 3.8) is 0 Å². The van der Waals surface area contributed by atoms with E-state index < -0.39 is 0 Å². The third-order valence-electron chi connectivity index (χ3n) is 1.33. The molecule has 0 radical (unpaired) electrons. The molecule has 0 aromatic carbocycles. The molecule has 3 nitrogen and oxygen atoms in total. The third-order valence-corrected chi connectivity index (χ3v) is 1.33. The predicted octanol–water partition coefficient (Wildman–Crippen LogP) is 2.49. The monoisotopic (exact) mass is 275 g/mol. The van der Waals surface area contributed by atoms with Gasteiger partial charge < -0.3 is 0 Å². The van der Waals surface area contributed by atoms with Crippen LogP contribution in [-0.4, -0.2) is 32.2 Å². The van der Waals surface area contributed by atoms with E-state index in [1.807, 2.05) is 6.08 Å². The summed E-state index contributed by atoms with van der Waals surface area (Å²) in [5, 5.41) is 0. The minimum absolute atomic E-state index is 0.194. The van der Waals surface area contributed by atoms with Gasteiger partial charge in [0.2, 0.25) is 0 Å². The number of aliphatic imine (C=N–C) groups is 3. The quantitative estimate of drug-likeness (QED) is 0.549. The molecule has 1 rings (SSSR count). The fourth-order valence-corrected chi connectivity index (χ4v) is 0.911. The molecule has 0 saturated heterocycles. The molecule has 14 heavy (non-hydrogen) atoms. The predicted molar refractivity (Wildman–Crippen MR) is 60.7 cm³/mol. The molecule has 0 aliphatic carbocycles. The van der Waals surface area contributed by atoms with Crippen LogP contribution < -0.4 is 0 Å². The van der Waals surface area contributed by atoms with Crippen molar-refractivity contribution in [1.29, 1.82) is 0 Å². The summed E-state index contributed by atoms with van der Waals surface area (Å²) in [6, 6.07) is 0. The Bertz CT molecular complexity index is 272. The summed E-state index contributed by atoms with van der Waals surface area (Å²) in [7, 11) is 13.0. The Morgan fingerprint density at radius 3 is 2.43 bits per heavy atom. The molecule has 1 heterocycles. The van der Waals surface area contributed by atoms with E-state index in [4.69, 9.17) is 20.2 Å². The van der Waals surface area contributed by atoms with Gasteiger partial charge in [-0.2, -0.15) is 0 Å². The van der Waals surface area contributed by atoms with E-state index in [-0.39, 0.29) is 13.1 Å². The van der Waals surface area contributed by atoms with Crippen LogP contribution in [-0.2, 0) is 13.1 Å². The molecule has 1 aliphatic heterocycles. The second kappa shape index (κ2) is 9.41. The molecule has 0 aromatic rings. The molecule has 0 saturated carbocycles. The van der Waals surface area contributed by atoms with Gasteiger partial charge in [-0.25, -0.2) is 0 Å². The maximum atomic E-state index is 4.76. The van der Waals surface area contributed by atoms with Crippen LogP contribution in [0.5, 0.6) is 0 Å². The molecule has 0 fully saturated rings. The van der Waals surface area contributed by atoms with E-state index in [1.54, 1.807) is 26.5 Å². The Kier molecular flexibility index (Phi) is 9.31. The van der Waals surface area contributed by atoms with Gasteiger partial charge in [-0.3, -0.25) is 15.0 Å². The molecule has 0 unspecified atom stereocenters. The standard InChI is InChI=1S/C8H11N3.2ClH.Fe/c1-9-5-7-3-4-8(11-7)6-10-2;;;/h3,5-6H,4H2,1-2H3;2*1H;/q;;;+2/p-2. The van der Waals surface area contributed by atoms with Gasteiger partial charge in [0.25, 0.3) is 0 Å². The summed E-state index contributed by atoms with van der Waals surface area (Å²) in [6.07, 6.45) is 6.42. The molecular weight excluding hydrogens is 265 g/mol. The molecule has 0 spiro atoms. The number of rotatable bonds is 2. The first-order valence-electron chi connectivity index (χ1n) is 3.75. The Hall–Kier alpha value is -0.151. The summed E-state index contributed by atoms with van der Waals surface area (Å²) in [6.45, 7) is 0. The molecule has 0 atom stereocenters. The van der Waals surface area contributed by atoms with E-state index in [0.29, 0.717) is 0 Å². The van der Waals surface area contributed by atoms with Crippen molar-refractivity contribution in [2.75, 3.05) is 14.1 Å². The summed E-state index contributed by atoms with van der Waals surface area (Å²) in [5.74, 6) is 0. The summed E-state index contributed by atoms with van der Waals surface area (Å²) < 4.78 is 0. The van der Waals surface area contributed by atoms with Crippen LogP contribution in [0.25, 0.3) is 0 Å². The Labute approximate surface area is 98.6 Å². The summed E-state index contributed by atoms with van der Waals surface area (Å²) >= 11 is 0.194. The second-order valence-corrected chi connectivity index (χ2v) is 4.09. The molecule has 0 bridgehead atoms.